The Balaban J connectivity index is 1.94. The Morgan fingerprint density at radius 2 is 2.00 bits per heavy atom. The fourth-order valence-corrected chi connectivity index (χ4v) is 4.71. The van der Waals surface area contributed by atoms with Crippen LogP contribution in [0.25, 0.3) is 0 Å². The maximum absolute atomic E-state index is 10.9. The Hall–Kier alpha value is 0.130. The Morgan fingerprint density at radius 3 is 2.69 bits per heavy atom. The van der Waals surface area contributed by atoms with Crippen LogP contribution < -0.4 is 0 Å². The Kier molecular flexibility index (Phi) is 4.85. The van der Waals surface area contributed by atoms with Crippen molar-refractivity contribution in [2.45, 2.75) is 31.3 Å². The number of hydrogen-bond donors (Lipinski definition) is 1. The fourth-order valence-electron chi connectivity index (χ4n) is 2.54. The maximum Gasteiger partial charge on any atom is 0.304 e. The van der Waals surface area contributed by atoms with E-state index in [1.165, 1.54) is 30.1 Å². The molecule has 16 heavy (non-hydrogen) atoms. The molecule has 2 aliphatic rings. The molecular weight excluding hydrogens is 242 g/mol. The first-order valence-electron chi connectivity index (χ1n) is 5.90. The highest BCUT2D eigenvalue weighted by Crippen LogP contribution is 2.28. The minimum Gasteiger partial charge on any atom is -0.481 e. The molecule has 3 nitrogen and oxygen atoms in total. The quantitative estimate of drug-likeness (QED) is 0.838. The van der Waals surface area contributed by atoms with Crippen LogP contribution >= 0.6 is 23.5 Å². The molecule has 2 fully saturated rings. The van der Waals surface area contributed by atoms with E-state index in [1.54, 1.807) is 0 Å². The van der Waals surface area contributed by atoms with Crippen molar-refractivity contribution >= 4 is 29.5 Å². The van der Waals surface area contributed by atoms with E-state index in [4.69, 9.17) is 5.11 Å². The second-order valence-corrected chi connectivity index (χ2v) is 6.78. The number of thioether (sulfide) groups is 2. The van der Waals surface area contributed by atoms with Crippen molar-refractivity contribution < 1.29 is 9.90 Å². The summed E-state index contributed by atoms with van der Waals surface area (Å²) in [4.78, 5) is 13.3. The van der Waals surface area contributed by atoms with Crippen molar-refractivity contribution in [1.29, 1.82) is 0 Å². The number of nitrogens with zero attached hydrogens (tertiary/aromatic N) is 1. The lowest BCUT2D eigenvalue weighted by Crippen LogP contribution is -2.50. The van der Waals surface area contributed by atoms with Gasteiger partial charge in [0.2, 0.25) is 0 Å². The maximum atomic E-state index is 10.9. The van der Waals surface area contributed by atoms with Gasteiger partial charge in [0.25, 0.3) is 0 Å². The van der Waals surface area contributed by atoms with Crippen LogP contribution in [-0.2, 0) is 4.79 Å². The molecule has 2 heterocycles. The first kappa shape index (κ1) is 12.6. The molecule has 0 aromatic heterocycles. The average molecular weight is 261 g/mol. The molecule has 0 aliphatic carbocycles. The number of carboxylic acid groups (broad SMARTS) is 1. The zero-order chi connectivity index (χ0) is 11.4. The van der Waals surface area contributed by atoms with Gasteiger partial charge in [-0.05, 0) is 24.3 Å². The third kappa shape index (κ3) is 3.31. The molecule has 0 amide bonds. The van der Waals surface area contributed by atoms with Crippen molar-refractivity contribution in [1.82, 2.24) is 4.90 Å². The molecule has 2 rings (SSSR count). The topological polar surface area (TPSA) is 40.5 Å². The molecule has 0 aromatic rings. The minimum atomic E-state index is -0.650. The molecule has 5 heteroatoms. The van der Waals surface area contributed by atoms with E-state index in [-0.39, 0.29) is 6.04 Å². The van der Waals surface area contributed by atoms with E-state index >= 15 is 0 Å². The van der Waals surface area contributed by atoms with Gasteiger partial charge in [0, 0.05) is 30.1 Å². The highest BCUT2D eigenvalue weighted by molar-refractivity contribution is 7.99. The van der Waals surface area contributed by atoms with Gasteiger partial charge in [-0.1, -0.05) is 0 Å². The van der Waals surface area contributed by atoms with E-state index in [0.29, 0.717) is 12.5 Å². The first-order chi connectivity index (χ1) is 7.77. The normalized spacial score (nSPS) is 29.1. The largest absolute Gasteiger partial charge is 0.481 e. The summed E-state index contributed by atoms with van der Waals surface area (Å²) in [6.07, 6.45) is 2.80. The van der Waals surface area contributed by atoms with Crippen molar-refractivity contribution in [2.24, 2.45) is 0 Å². The van der Waals surface area contributed by atoms with Crippen LogP contribution in [0.15, 0.2) is 0 Å². The van der Waals surface area contributed by atoms with Gasteiger partial charge in [-0.25, -0.2) is 0 Å². The van der Waals surface area contributed by atoms with E-state index < -0.39 is 5.97 Å². The van der Waals surface area contributed by atoms with Gasteiger partial charge in [-0.15, -0.1) is 0 Å². The molecular formula is C11H19NO2S2. The van der Waals surface area contributed by atoms with Gasteiger partial charge in [-0.2, -0.15) is 23.5 Å². The van der Waals surface area contributed by atoms with E-state index in [0.717, 1.165) is 12.3 Å². The molecule has 1 N–H and O–H groups in total. The second-order valence-electron chi connectivity index (χ2n) is 4.41. The van der Waals surface area contributed by atoms with Crippen LogP contribution in [-0.4, -0.2) is 57.6 Å². The Bertz CT molecular complexity index is 244. The van der Waals surface area contributed by atoms with Gasteiger partial charge in [-0.3, -0.25) is 9.69 Å². The van der Waals surface area contributed by atoms with Crippen LogP contribution in [0.2, 0.25) is 0 Å². The summed E-state index contributed by atoms with van der Waals surface area (Å²) < 4.78 is 0. The molecule has 1 atom stereocenters. The number of aliphatic carboxylic acids is 1. The first-order valence-corrected chi connectivity index (χ1v) is 8.21. The van der Waals surface area contributed by atoms with Crippen LogP contribution in [0.4, 0.5) is 0 Å². The lowest BCUT2D eigenvalue weighted by Gasteiger charge is -2.41. The van der Waals surface area contributed by atoms with E-state index in [9.17, 15) is 4.79 Å². The lowest BCUT2D eigenvalue weighted by molar-refractivity contribution is -0.138. The molecule has 92 valence electrons. The van der Waals surface area contributed by atoms with Gasteiger partial charge >= 0.3 is 5.97 Å². The summed E-state index contributed by atoms with van der Waals surface area (Å²) in [5, 5.41) is 8.94. The van der Waals surface area contributed by atoms with Crippen LogP contribution in [0, 0.1) is 0 Å². The predicted molar refractivity (Wildman–Crippen MR) is 70.4 cm³/mol. The number of rotatable bonds is 3. The number of hydrogen-bond acceptors (Lipinski definition) is 4. The van der Waals surface area contributed by atoms with Crippen molar-refractivity contribution in [3.8, 4) is 0 Å². The third-order valence-corrected chi connectivity index (χ3v) is 5.48. The van der Waals surface area contributed by atoms with Crippen molar-refractivity contribution in [3.63, 3.8) is 0 Å². The zero-order valence-corrected chi connectivity index (χ0v) is 11.1. The molecule has 0 aromatic carbocycles. The van der Waals surface area contributed by atoms with Crippen LogP contribution in [0.3, 0.4) is 0 Å². The fraction of sp³-hybridized carbons (Fsp3) is 0.909. The van der Waals surface area contributed by atoms with Crippen molar-refractivity contribution in [2.75, 3.05) is 29.6 Å². The SMILES string of the molecule is O=C(O)CC1CSCCN1C1CCSCC1. The van der Waals surface area contributed by atoms with E-state index in [1.807, 2.05) is 23.5 Å². The second kappa shape index (κ2) is 6.17. The van der Waals surface area contributed by atoms with Gasteiger partial charge in [0.1, 0.15) is 0 Å². The Labute approximate surface area is 105 Å². The highest BCUT2D eigenvalue weighted by atomic mass is 32.2. The monoisotopic (exact) mass is 261 g/mol. The minimum absolute atomic E-state index is 0.268. The molecule has 0 spiro atoms. The Morgan fingerprint density at radius 1 is 1.25 bits per heavy atom. The summed E-state index contributed by atoms with van der Waals surface area (Å²) in [5.41, 5.74) is 0. The van der Waals surface area contributed by atoms with E-state index in [2.05, 4.69) is 4.90 Å². The summed E-state index contributed by atoms with van der Waals surface area (Å²) in [5.74, 6) is 4.00. The molecule has 1 unspecified atom stereocenters. The van der Waals surface area contributed by atoms with Gasteiger partial charge < -0.3 is 5.11 Å². The third-order valence-electron chi connectivity index (χ3n) is 3.34. The lowest BCUT2D eigenvalue weighted by atomic mass is 10.1. The summed E-state index contributed by atoms with van der Waals surface area (Å²) >= 11 is 3.93. The molecule has 2 aliphatic heterocycles. The standard InChI is InChI=1S/C11H19NO2S2/c13-11(14)7-10-8-16-6-3-12(10)9-1-4-15-5-2-9/h9-10H,1-8H2,(H,13,14). The average Bonchev–Trinajstić information content (AvgIpc) is 2.30. The molecule has 0 bridgehead atoms. The van der Waals surface area contributed by atoms with Gasteiger partial charge in [0.15, 0.2) is 0 Å². The molecule has 0 saturated carbocycles. The summed E-state index contributed by atoms with van der Waals surface area (Å²) in [6.45, 7) is 1.08. The predicted octanol–water partition coefficient (Wildman–Crippen LogP) is 1.77. The molecule has 2 saturated heterocycles. The molecule has 0 radical (unpaired) electrons. The van der Waals surface area contributed by atoms with Crippen LogP contribution in [0.5, 0.6) is 0 Å². The summed E-state index contributed by atoms with van der Waals surface area (Å²) in [7, 11) is 0. The van der Waals surface area contributed by atoms with Gasteiger partial charge in [0.05, 0.1) is 6.42 Å². The number of carboxylic acids is 1. The number of carbonyl (C=O) groups is 1. The smallest absolute Gasteiger partial charge is 0.304 e. The van der Waals surface area contributed by atoms with Crippen molar-refractivity contribution in [3.05, 3.63) is 0 Å². The highest BCUT2D eigenvalue weighted by Gasteiger charge is 2.31. The zero-order valence-electron chi connectivity index (χ0n) is 9.43. The summed E-state index contributed by atoms with van der Waals surface area (Å²) in [6, 6.07) is 0.913. The van der Waals surface area contributed by atoms with Crippen LogP contribution in [0.1, 0.15) is 19.3 Å².